The molecule has 1 saturated carbocycles. The third-order valence-electron chi connectivity index (χ3n) is 3.69. The number of nitrogens with zero attached hydrogens (tertiary/aromatic N) is 1. The topological polar surface area (TPSA) is 41.6 Å². The maximum absolute atomic E-state index is 11.9. The van der Waals surface area contributed by atoms with Crippen LogP contribution in [0.1, 0.15) is 32.3 Å². The van der Waals surface area contributed by atoms with Crippen molar-refractivity contribution in [2.45, 2.75) is 45.3 Å². The first-order valence-electron chi connectivity index (χ1n) is 7.37. The van der Waals surface area contributed by atoms with E-state index in [2.05, 4.69) is 21.2 Å². The van der Waals surface area contributed by atoms with Crippen molar-refractivity contribution in [3.05, 3.63) is 28.2 Å². The molecule has 0 spiro atoms. The van der Waals surface area contributed by atoms with Crippen LogP contribution in [-0.4, -0.2) is 36.5 Å². The van der Waals surface area contributed by atoms with Crippen molar-refractivity contribution in [1.82, 2.24) is 10.2 Å². The van der Waals surface area contributed by atoms with Crippen LogP contribution in [0, 0.1) is 0 Å². The van der Waals surface area contributed by atoms with Crippen molar-refractivity contribution in [2.75, 3.05) is 13.7 Å². The molecule has 0 saturated heterocycles. The number of rotatable bonds is 7. The minimum atomic E-state index is -0.0172. The highest BCUT2D eigenvalue weighted by Crippen LogP contribution is 2.27. The van der Waals surface area contributed by atoms with Gasteiger partial charge < -0.3 is 15.0 Å². The number of carbonyl (C=O) groups excluding carboxylic acids is 1. The van der Waals surface area contributed by atoms with E-state index in [1.807, 2.05) is 32.0 Å². The number of hydrogen-bond acceptors (Lipinski definition) is 3. The number of benzene rings is 1. The van der Waals surface area contributed by atoms with Crippen LogP contribution in [0.25, 0.3) is 0 Å². The van der Waals surface area contributed by atoms with Crippen LogP contribution < -0.4 is 10.1 Å². The Morgan fingerprint density at radius 3 is 2.76 bits per heavy atom. The Labute approximate surface area is 135 Å². The van der Waals surface area contributed by atoms with Gasteiger partial charge in [0.05, 0.1) is 4.47 Å². The van der Waals surface area contributed by atoms with E-state index >= 15 is 0 Å². The van der Waals surface area contributed by atoms with E-state index in [-0.39, 0.29) is 18.6 Å². The van der Waals surface area contributed by atoms with E-state index < -0.39 is 0 Å². The van der Waals surface area contributed by atoms with Gasteiger partial charge in [-0.25, -0.2) is 0 Å². The fraction of sp³-hybridized carbons (Fsp3) is 0.562. The van der Waals surface area contributed by atoms with Crippen LogP contribution in [0.2, 0.25) is 0 Å². The molecule has 5 heteroatoms. The van der Waals surface area contributed by atoms with E-state index in [4.69, 9.17) is 4.74 Å². The van der Waals surface area contributed by atoms with Gasteiger partial charge in [0.15, 0.2) is 6.61 Å². The lowest BCUT2D eigenvalue weighted by atomic mass is 10.2. The maximum Gasteiger partial charge on any atom is 0.260 e. The zero-order valence-corrected chi connectivity index (χ0v) is 14.4. The number of nitrogens with one attached hydrogen (secondary N) is 1. The van der Waals surface area contributed by atoms with E-state index in [0.29, 0.717) is 11.8 Å². The molecule has 21 heavy (non-hydrogen) atoms. The summed E-state index contributed by atoms with van der Waals surface area (Å²) >= 11 is 3.51. The molecule has 1 aliphatic carbocycles. The minimum absolute atomic E-state index is 0.0172. The summed E-state index contributed by atoms with van der Waals surface area (Å²) in [5, 5.41) is 3.47. The van der Waals surface area contributed by atoms with Gasteiger partial charge in [-0.3, -0.25) is 4.79 Å². The molecule has 2 rings (SSSR count). The molecule has 1 amide bonds. The predicted molar refractivity (Wildman–Crippen MR) is 87.4 cm³/mol. The van der Waals surface area contributed by atoms with Crippen molar-refractivity contribution in [2.24, 2.45) is 0 Å². The van der Waals surface area contributed by atoms with Gasteiger partial charge in [0.25, 0.3) is 5.91 Å². The Morgan fingerprint density at radius 2 is 2.19 bits per heavy atom. The minimum Gasteiger partial charge on any atom is -0.483 e. The summed E-state index contributed by atoms with van der Waals surface area (Å²) in [6.45, 7) is 4.90. The first-order chi connectivity index (χ1) is 9.97. The largest absolute Gasteiger partial charge is 0.483 e. The Morgan fingerprint density at radius 1 is 1.48 bits per heavy atom. The lowest BCUT2D eigenvalue weighted by Crippen LogP contribution is -2.36. The van der Waals surface area contributed by atoms with E-state index in [0.717, 1.165) is 11.0 Å². The first kappa shape index (κ1) is 16.3. The van der Waals surface area contributed by atoms with Crippen molar-refractivity contribution >= 4 is 21.8 Å². The lowest BCUT2D eigenvalue weighted by molar-refractivity contribution is -0.133. The molecule has 0 heterocycles. The van der Waals surface area contributed by atoms with E-state index in [9.17, 15) is 4.79 Å². The van der Waals surface area contributed by atoms with Crippen molar-refractivity contribution in [3.63, 3.8) is 0 Å². The molecular weight excluding hydrogens is 332 g/mol. The van der Waals surface area contributed by atoms with E-state index in [1.165, 1.54) is 18.4 Å². The van der Waals surface area contributed by atoms with Gasteiger partial charge in [-0.2, -0.15) is 0 Å². The zero-order chi connectivity index (χ0) is 15.4. The van der Waals surface area contributed by atoms with Gasteiger partial charge in [-0.1, -0.05) is 6.07 Å². The maximum atomic E-state index is 11.9. The normalized spacial score (nSPS) is 14.3. The molecule has 1 aromatic rings. The summed E-state index contributed by atoms with van der Waals surface area (Å²) in [5.41, 5.74) is 1.21. The number of likely N-dealkylation sites (N-methyl/N-ethyl adjacent to an activating group) is 1. The molecule has 0 aliphatic heterocycles. The first-order valence-corrected chi connectivity index (χ1v) is 8.17. The summed E-state index contributed by atoms with van der Waals surface area (Å²) in [6, 6.07) is 6.87. The van der Waals surface area contributed by atoms with Crippen LogP contribution in [0.15, 0.2) is 22.7 Å². The van der Waals surface area contributed by atoms with Crippen LogP contribution in [0.4, 0.5) is 0 Å². The molecule has 1 aliphatic rings. The molecule has 4 nitrogen and oxygen atoms in total. The Balaban J connectivity index is 1.86. The Kier molecular flexibility index (Phi) is 5.65. The average Bonchev–Trinajstić information content (AvgIpc) is 3.27. The van der Waals surface area contributed by atoms with Crippen LogP contribution >= 0.6 is 15.9 Å². The van der Waals surface area contributed by atoms with Crippen LogP contribution in [0.3, 0.4) is 0 Å². The second-order valence-electron chi connectivity index (χ2n) is 5.81. The lowest BCUT2D eigenvalue weighted by Gasteiger charge is -2.21. The zero-order valence-electron chi connectivity index (χ0n) is 12.9. The molecule has 0 radical (unpaired) electrons. The predicted octanol–water partition coefficient (Wildman–Crippen LogP) is 2.95. The Hall–Kier alpha value is -1.07. The van der Waals surface area contributed by atoms with Gasteiger partial charge in [0, 0.05) is 25.7 Å². The van der Waals surface area contributed by atoms with Crippen LogP contribution in [-0.2, 0) is 11.3 Å². The summed E-state index contributed by atoms with van der Waals surface area (Å²) in [4.78, 5) is 13.6. The molecule has 0 unspecified atom stereocenters. The highest BCUT2D eigenvalue weighted by atomic mass is 79.9. The fourth-order valence-electron chi connectivity index (χ4n) is 1.85. The number of ether oxygens (including phenoxy) is 1. The third kappa shape index (κ3) is 5.00. The molecule has 0 atom stereocenters. The summed E-state index contributed by atoms with van der Waals surface area (Å²) in [5.74, 6) is 0.687. The SMILES string of the molecule is CC(C)N(C)C(=O)COc1ccc(CNC2CC2)cc1Br. The van der Waals surface area contributed by atoms with Gasteiger partial charge in [-0.05, 0) is 60.3 Å². The van der Waals surface area contributed by atoms with Crippen molar-refractivity contribution in [3.8, 4) is 5.75 Å². The van der Waals surface area contributed by atoms with Crippen LogP contribution in [0.5, 0.6) is 5.75 Å². The van der Waals surface area contributed by atoms with Gasteiger partial charge in [0.1, 0.15) is 5.75 Å². The highest BCUT2D eigenvalue weighted by molar-refractivity contribution is 9.10. The standard InChI is InChI=1S/C16H23BrN2O2/c1-11(2)19(3)16(20)10-21-15-7-4-12(8-14(15)17)9-18-13-5-6-13/h4,7-8,11,13,18H,5-6,9-10H2,1-3H3. The second-order valence-corrected chi connectivity index (χ2v) is 6.66. The number of hydrogen-bond donors (Lipinski definition) is 1. The molecule has 0 aromatic heterocycles. The third-order valence-corrected chi connectivity index (χ3v) is 4.31. The molecule has 1 N–H and O–H groups in total. The number of carbonyl (C=O) groups is 1. The van der Waals surface area contributed by atoms with E-state index in [1.54, 1.807) is 11.9 Å². The molecular formula is C16H23BrN2O2. The average molecular weight is 355 g/mol. The smallest absolute Gasteiger partial charge is 0.260 e. The summed E-state index contributed by atoms with van der Waals surface area (Å²) in [7, 11) is 1.79. The fourth-order valence-corrected chi connectivity index (χ4v) is 2.39. The van der Waals surface area contributed by atoms with Crippen molar-refractivity contribution in [1.29, 1.82) is 0 Å². The highest BCUT2D eigenvalue weighted by Gasteiger charge is 2.20. The molecule has 1 fully saturated rings. The monoisotopic (exact) mass is 354 g/mol. The molecule has 1 aromatic carbocycles. The molecule has 116 valence electrons. The number of amides is 1. The summed E-state index contributed by atoms with van der Waals surface area (Å²) < 4.78 is 6.49. The second kappa shape index (κ2) is 7.27. The molecule has 0 bridgehead atoms. The Bertz CT molecular complexity index is 501. The van der Waals surface area contributed by atoms with Gasteiger partial charge >= 0.3 is 0 Å². The number of halogens is 1. The summed E-state index contributed by atoms with van der Waals surface area (Å²) in [6.07, 6.45) is 2.57. The quantitative estimate of drug-likeness (QED) is 0.818. The van der Waals surface area contributed by atoms with Crippen molar-refractivity contribution < 1.29 is 9.53 Å². The van der Waals surface area contributed by atoms with Gasteiger partial charge in [-0.15, -0.1) is 0 Å². The van der Waals surface area contributed by atoms with Gasteiger partial charge in [0.2, 0.25) is 0 Å².